The van der Waals surface area contributed by atoms with Crippen LogP contribution in [0.25, 0.3) is 0 Å². The van der Waals surface area contributed by atoms with E-state index in [0.29, 0.717) is 25.7 Å². The van der Waals surface area contributed by atoms with E-state index in [0.717, 1.165) is 19.3 Å². The maximum absolute atomic E-state index is 11.5. The Balaban J connectivity index is 2.62. The molecule has 5 atom stereocenters. The minimum absolute atomic E-state index is 0.0406. The molecule has 1 rings (SSSR count). The molecule has 29 heavy (non-hydrogen) atoms. The van der Waals surface area contributed by atoms with Gasteiger partial charge < -0.3 is 19.7 Å². The maximum Gasteiger partial charge on any atom is 0.306 e. The van der Waals surface area contributed by atoms with E-state index in [1.807, 2.05) is 39.0 Å². The predicted molar refractivity (Wildman–Crippen MR) is 112 cm³/mol. The third-order valence-corrected chi connectivity index (χ3v) is 5.04. The lowest BCUT2D eigenvalue weighted by molar-refractivity contribution is -0.148. The summed E-state index contributed by atoms with van der Waals surface area (Å²) < 4.78 is 10.5. The van der Waals surface area contributed by atoms with Crippen LogP contribution in [0, 0.1) is 11.8 Å². The first-order valence-corrected chi connectivity index (χ1v) is 10.8. The molecule has 1 saturated carbocycles. The van der Waals surface area contributed by atoms with Crippen LogP contribution in [0.2, 0.25) is 0 Å². The monoisotopic (exact) mass is 410 g/mol. The largest absolute Gasteiger partial charge is 0.463 e. The topological polar surface area (TPSA) is 93.1 Å². The fraction of sp³-hybridized carbons (Fsp3) is 0.739. The molecule has 0 aromatic rings. The summed E-state index contributed by atoms with van der Waals surface area (Å²) in [5, 5.41) is 20.4. The van der Waals surface area contributed by atoms with Crippen molar-refractivity contribution < 1.29 is 29.3 Å². The number of unbranched alkanes of at least 4 members (excludes halogenated alkanes) is 1. The summed E-state index contributed by atoms with van der Waals surface area (Å²) in [6.45, 7) is 7.05. The number of allylic oxidation sites excluding steroid dienone is 2. The molecular weight excluding hydrogens is 372 g/mol. The van der Waals surface area contributed by atoms with E-state index < -0.39 is 12.2 Å². The molecule has 0 amide bonds. The Morgan fingerprint density at radius 1 is 1.24 bits per heavy atom. The number of ether oxygens (including phenoxy) is 2. The predicted octanol–water partition coefficient (Wildman–Crippen LogP) is 3.70. The van der Waals surface area contributed by atoms with Crippen LogP contribution in [0.5, 0.6) is 0 Å². The summed E-state index contributed by atoms with van der Waals surface area (Å²) in [6, 6.07) is 0. The molecule has 0 radical (unpaired) electrons. The molecule has 0 saturated heterocycles. The zero-order valence-electron chi connectivity index (χ0n) is 18.3. The van der Waals surface area contributed by atoms with Gasteiger partial charge in [0.15, 0.2) is 0 Å². The van der Waals surface area contributed by atoms with Crippen LogP contribution in [0.15, 0.2) is 24.3 Å². The molecule has 1 aliphatic rings. The van der Waals surface area contributed by atoms with Gasteiger partial charge in [-0.1, -0.05) is 37.6 Å². The Kier molecular flexibility index (Phi) is 11.9. The van der Waals surface area contributed by atoms with E-state index in [-0.39, 0.29) is 36.0 Å². The number of carbonyl (C=O) groups excluding carboxylic acids is 2. The highest BCUT2D eigenvalue weighted by Crippen LogP contribution is 2.38. The normalized spacial score (nSPS) is 25.8. The second-order valence-corrected chi connectivity index (χ2v) is 8.07. The molecule has 0 spiro atoms. The molecule has 6 nitrogen and oxygen atoms in total. The Bertz CT molecular complexity index is 554. The maximum atomic E-state index is 11.5. The zero-order chi connectivity index (χ0) is 21.8. The molecule has 0 heterocycles. The molecule has 2 N–H and O–H groups in total. The molecule has 166 valence electrons. The van der Waals surface area contributed by atoms with E-state index in [1.54, 1.807) is 6.08 Å². The molecule has 6 heteroatoms. The van der Waals surface area contributed by atoms with Crippen LogP contribution < -0.4 is 0 Å². The van der Waals surface area contributed by atoms with Gasteiger partial charge in [0.25, 0.3) is 0 Å². The van der Waals surface area contributed by atoms with Crippen LogP contribution >= 0.6 is 0 Å². The zero-order valence-corrected chi connectivity index (χ0v) is 18.3. The van der Waals surface area contributed by atoms with Gasteiger partial charge in [-0.2, -0.15) is 0 Å². The van der Waals surface area contributed by atoms with Crippen molar-refractivity contribution in [3.8, 4) is 0 Å². The van der Waals surface area contributed by atoms with Crippen LogP contribution in [-0.4, -0.2) is 46.6 Å². The molecule has 0 aliphatic heterocycles. The van der Waals surface area contributed by atoms with E-state index in [4.69, 9.17) is 9.47 Å². The first-order valence-electron chi connectivity index (χ1n) is 10.8. The highest BCUT2D eigenvalue weighted by molar-refractivity contribution is 5.69. The second-order valence-electron chi connectivity index (χ2n) is 8.07. The average Bonchev–Trinajstić information content (AvgIpc) is 2.89. The van der Waals surface area contributed by atoms with Crippen LogP contribution in [0.1, 0.15) is 72.6 Å². The second kappa shape index (κ2) is 13.5. The Labute approximate surface area is 175 Å². The van der Waals surface area contributed by atoms with Crippen LogP contribution in [-0.2, 0) is 19.1 Å². The Morgan fingerprint density at radius 3 is 2.59 bits per heavy atom. The van der Waals surface area contributed by atoms with E-state index in [2.05, 4.69) is 0 Å². The quantitative estimate of drug-likeness (QED) is 0.289. The van der Waals surface area contributed by atoms with Crippen molar-refractivity contribution >= 4 is 11.9 Å². The lowest BCUT2D eigenvalue weighted by atomic mass is 9.89. The summed E-state index contributed by atoms with van der Waals surface area (Å²) in [5.41, 5.74) is 0. The van der Waals surface area contributed by atoms with Crippen molar-refractivity contribution in [1.82, 2.24) is 0 Å². The minimum atomic E-state index is -0.603. The van der Waals surface area contributed by atoms with Gasteiger partial charge in [0, 0.05) is 31.6 Å². The highest BCUT2D eigenvalue weighted by Gasteiger charge is 2.42. The van der Waals surface area contributed by atoms with Crippen molar-refractivity contribution in [1.29, 1.82) is 0 Å². The van der Waals surface area contributed by atoms with Gasteiger partial charge in [0.1, 0.15) is 6.10 Å². The highest BCUT2D eigenvalue weighted by atomic mass is 16.5. The van der Waals surface area contributed by atoms with Crippen molar-refractivity contribution in [2.24, 2.45) is 11.8 Å². The number of esters is 2. The number of aliphatic hydroxyl groups is 2. The summed E-state index contributed by atoms with van der Waals surface area (Å²) in [5.74, 6) is -0.744. The molecule has 0 unspecified atom stereocenters. The average molecular weight is 411 g/mol. The van der Waals surface area contributed by atoms with Gasteiger partial charge in [-0.05, 0) is 39.5 Å². The Hall–Kier alpha value is -1.66. The standard InChI is InChI=1S/C23H38O6/c1-5-10-18(25)13-14-19-20(22(15-21(19)26)29-17(4)24)11-8-6-7-9-12-23(27)28-16(2)3/h6,8,13-14,16,18-22,25-26H,5,7,9-12,15H2,1-4H3/b8-6-,14-13+/t18-,19+,20+,21+,22-/m0/s1. The number of rotatable bonds is 12. The van der Waals surface area contributed by atoms with Gasteiger partial charge in [0.05, 0.1) is 18.3 Å². The third kappa shape index (κ3) is 10.1. The first kappa shape index (κ1) is 25.4. The number of hydrogen-bond acceptors (Lipinski definition) is 6. The SMILES string of the molecule is CCC[C@H](O)/C=C/[C@@H]1[C@@H](C/C=C\CCCC(=O)OC(C)C)[C@@H](OC(C)=O)C[C@H]1O. The fourth-order valence-corrected chi connectivity index (χ4v) is 3.74. The van der Waals surface area contributed by atoms with Gasteiger partial charge in [-0.3, -0.25) is 9.59 Å². The van der Waals surface area contributed by atoms with E-state index in [9.17, 15) is 19.8 Å². The molecular formula is C23H38O6. The molecule has 1 aliphatic carbocycles. The van der Waals surface area contributed by atoms with Crippen molar-refractivity contribution in [2.75, 3.05) is 0 Å². The lowest BCUT2D eigenvalue weighted by Gasteiger charge is -2.22. The van der Waals surface area contributed by atoms with Crippen LogP contribution in [0.3, 0.4) is 0 Å². The van der Waals surface area contributed by atoms with Gasteiger partial charge in [-0.15, -0.1) is 0 Å². The number of aliphatic hydroxyl groups excluding tert-OH is 2. The van der Waals surface area contributed by atoms with Crippen molar-refractivity contribution in [3.63, 3.8) is 0 Å². The van der Waals surface area contributed by atoms with Gasteiger partial charge in [-0.25, -0.2) is 0 Å². The van der Waals surface area contributed by atoms with Gasteiger partial charge in [0.2, 0.25) is 0 Å². The summed E-state index contributed by atoms with van der Waals surface area (Å²) in [6.07, 6.45) is 10.6. The van der Waals surface area contributed by atoms with E-state index >= 15 is 0 Å². The summed E-state index contributed by atoms with van der Waals surface area (Å²) in [7, 11) is 0. The molecule has 0 aromatic carbocycles. The van der Waals surface area contributed by atoms with Gasteiger partial charge >= 0.3 is 11.9 Å². The first-order chi connectivity index (χ1) is 13.7. The Morgan fingerprint density at radius 2 is 1.97 bits per heavy atom. The number of carbonyl (C=O) groups is 2. The molecule has 0 bridgehead atoms. The lowest BCUT2D eigenvalue weighted by Crippen LogP contribution is -2.24. The summed E-state index contributed by atoms with van der Waals surface area (Å²) >= 11 is 0. The minimum Gasteiger partial charge on any atom is -0.463 e. The van der Waals surface area contributed by atoms with Crippen molar-refractivity contribution in [3.05, 3.63) is 24.3 Å². The molecule has 0 aromatic heterocycles. The third-order valence-electron chi connectivity index (χ3n) is 5.04. The van der Waals surface area contributed by atoms with Crippen molar-refractivity contribution in [2.45, 2.75) is 97.1 Å². The fourth-order valence-electron chi connectivity index (χ4n) is 3.74. The smallest absolute Gasteiger partial charge is 0.306 e. The van der Waals surface area contributed by atoms with Crippen LogP contribution in [0.4, 0.5) is 0 Å². The molecule has 1 fully saturated rings. The number of hydrogen-bond donors (Lipinski definition) is 2. The summed E-state index contributed by atoms with van der Waals surface area (Å²) in [4.78, 5) is 23.0. The van der Waals surface area contributed by atoms with E-state index in [1.165, 1.54) is 6.92 Å².